The molecular weight excluding hydrogens is 362 g/mol. The van der Waals surface area contributed by atoms with Gasteiger partial charge in [0.1, 0.15) is 29.3 Å². The Hall–Kier alpha value is -3.54. The molecule has 0 aliphatic heterocycles. The number of hydrogen-bond acceptors (Lipinski definition) is 3. The lowest BCUT2D eigenvalue weighted by molar-refractivity contribution is 0.0474. The highest BCUT2D eigenvalue weighted by Gasteiger charge is 2.18. The molecule has 140 valence electrons. The van der Waals surface area contributed by atoms with Gasteiger partial charge in [-0.3, -0.25) is 4.98 Å². The number of pyridine rings is 1. The van der Waals surface area contributed by atoms with Crippen LogP contribution >= 0.6 is 0 Å². The number of nitrogens with zero attached hydrogens (tertiary/aromatic N) is 2. The number of ether oxygens (including phenoxy) is 1. The van der Waals surface area contributed by atoms with Crippen LogP contribution in [0.5, 0.6) is 0 Å². The molecule has 6 heteroatoms. The predicted molar refractivity (Wildman–Crippen MR) is 101 cm³/mol. The van der Waals surface area contributed by atoms with Gasteiger partial charge in [-0.2, -0.15) is 0 Å². The molecule has 0 fully saturated rings. The molecule has 4 aromatic rings. The zero-order chi connectivity index (χ0) is 19.5. The summed E-state index contributed by atoms with van der Waals surface area (Å²) in [5.41, 5.74) is 3.25. The number of halogens is 2. The summed E-state index contributed by atoms with van der Waals surface area (Å²) in [6.07, 6.45) is 3.30. The summed E-state index contributed by atoms with van der Waals surface area (Å²) in [5, 5.41) is 0. The number of carbonyl (C=O) groups is 1. The molecule has 0 saturated carbocycles. The van der Waals surface area contributed by atoms with Gasteiger partial charge in [0, 0.05) is 18.9 Å². The Bertz CT molecular complexity index is 1120. The first-order chi connectivity index (χ1) is 13.6. The Morgan fingerprint density at radius 1 is 0.929 bits per heavy atom. The number of hydrogen-bond donors (Lipinski definition) is 0. The van der Waals surface area contributed by atoms with E-state index in [2.05, 4.69) is 4.98 Å². The first kappa shape index (κ1) is 17.9. The Morgan fingerprint density at radius 2 is 1.57 bits per heavy atom. The normalized spacial score (nSPS) is 10.9. The first-order valence-electron chi connectivity index (χ1n) is 8.70. The fourth-order valence-electron chi connectivity index (χ4n) is 3.00. The number of rotatable bonds is 5. The van der Waals surface area contributed by atoms with Gasteiger partial charge in [-0.15, -0.1) is 0 Å². The summed E-state index contributed by atoms with van der Waals surface area (Å²) in [7, 11) is 0. The number of benzene rings is 2. The van der Waals surface area contributed by atoms with E-state index in [1.165, 1.54) is 24.3 Å². The van der Waals surface area contributed by atoms with Crippen molar-refractivity contribution in [2.24, 2.45) is 0 Å². The van der Waals surface area contributed by atoms with Gasteiger partial charge in [0.05, 0.1) is 5.52 Å². The molecule has 0 aliphatic carbocycles. The van der Waals surface area contributed by atoms with Gasteiger partial charge in [-0.1, -0.05) is 24.3 Å². The standard InChI is InChI=1S/C22H16F2N2O2/c23-17-7-3-15(4-8-17)12-26-13-19(21-20(26)2-1-11-25-21)22(27)28-14-16-5-9-18(24)10-6-16/h1-11,13H,12,14H2. The van der Waals surface area contributed by atoms with Crippen molar-refractivity contribution in [1.82, 2.24) is 9.55 Å². The first-order valence-corrected chi connectivity index (χ1v) is 8.70. The van der Waals surface area contributed by atoms with Crippen LogP contribution in [-0.4, -0.2) is 15.5 Å². The lowest BCUT2D eigenvalue weighted by atomic mass is 10.2. The Morgan fingerprint density at radius 3 is 2.25 bits per heavy atom. The van der Waals surface area contributed by atoms with Gasteiger partial charge in [-0.05, 0) is 47.5 Å². The minimum Gasteiger partial charge on any atom is -0.457 e. The smallest absolute Gasteiger partial charge is 0.342 e. The van der Waals surface area contributed by atoms with Crippen molar-refractivity contribution >= 4 is 17.0 Å². The molecule has 0 amide bonds. The number of fused-ring (bicyclic) bond motifs is 1. The summed E-state index contributed by atoms with van der Waals surface area (Å²) in [6.45, 7) is 0.504. The fraction of sp³-hybridized carbons (Fsp3) is 0.0909. The maximum atomic E-state index is 13.1. The molecule has 4 nitrogen and oxygen atoms in total. The molecular formula is C22H16F2N2O2. The maximum absolute atomic E-state index is 13.1. The lowest BCUT2D eigenvalue weighted by Gasteiger charge is -2.05. The van der Waals surface area contributed by atoms with E-state index in [0.717, 1.165) is 11.1 Å². The third kappa shape index (κ3) is 3.76. The molecule has 0 atom stereocenters. The van der Waals surface area contributed by atoms with E-state index in [0.29, 0.717) is 23.2 Å². The third-order valence-electron chi connectivity index (χ3n) is 4.41. The number of carbonyl (C=O) groups excluding carboxylic acids is 1. The van der Waals surface area contributed by atoms with Gasteiger partial charge in [0.2, 0.25) is 0 Å². The second kappa shape index (κ2) is 7.60. The molecule has 0 saturated heterocycles. The summed E-state index contributed by atoms with van der Waals surface area (Å²) >= 11 is 0. The van der Waals surface area contributed by atoms with Gasteiger partial charge in [0.15, 0.2) is 0 Å². The highest BCUT2D eigenvalue weighted by Crippen LogP contribution is 2.22. The van der Waals surface area contributed by atoms with E-state index in [1.807, 2.05) is 10.6 Å². The van der Waals surface area contributed by atoms with Crippen molar-refractivity contribution in [3.05, 3.63) is 101 Å². The predicted octanol–water partition coefficient (Wildman–Crippen LogP) is 4.72. The van der Waals surface area contributed by atoms with Gasteiger partial charge in [0.25, 0.3) is 0 Å². The van der Waals surface area contributed by atoms with Crippen LogP contribution in [0.25, 0.3) is 11.0 Å². The lowest BCUT2D eigenvalue weighted by Crippen LogP contribution is -2.05. The van der Waals surface area contributed by atoms with Crippen LogP contribution in [0.4, 0.5) is 8.78 Å². The number of aromatic nitrogens is 2. The van der Waals surface area contributed by atoms with E-state index in [9.17, 15) is 13.6 Å². The minimum absolute atomic E-state index is 0.0383. The van der Waals surface area contributed by atoms with E-state index in [-0.39, 0.29) is 18.2 Å². The zero-order valence-electron chi connectivity index (χ0n) is 14.8. The van der Waals surface area contributed by atoms with Crippen molar-refractivity contribution in [3.63, 3.8) is 0 Å². The minimum atomic E-state index is -0.508. The summed E-state index contributed by atoms with van der Waals surface area (Å²) in [5.74, 6) is -1.15. The van der Waals surface area contributed by atoms with Crippen LogP contribution in [0.2, 0.25) is 0 Å². The molecule has 0 N–H and O–H groups in total. The van der Waals surface area contributed by atoms with Crippen LogP contribution < -0.4 is 0 Å². The Balaban J connectivity index is 1.59. The third-order valence-corrected chi connectivity index (χ3v) is 4.41. The van der Waals surface area contributed by atoms with E-state index in [1.54, 1.807) is 42.7 Å². The molecule has 0 spiro atoms. The second-order valence-electron chi connectivity index (χ2n) is 6.37. The molecule has 0 bridgehead atoms. The number of esters is 1. The Kier molecular flexibility index (Phi) is 4.85. The Labute approximate surface area is 160 Å². The molecule has 28 heavy (non-hydrogen) atoms. The largest absolute Gasteiger partial charge is 0.457 e. The monoisotopic (exact) mass is 378 g/mol. The molecule has 2 heterocycles. The molecule has 2 aromatic heterocycles. The molecule has 0 unspecified atom stereocenters. The second-order valence-corrected chi connectivity index (χ2v) is 6.37. The molecule has 0 aliphatic rings. The van der Waals surface area contributed by atoms with Crippen LogP contribution in [0.15, 0.2) is 73.1 Å². The van der Waals surface area contributed by atoms with Crippen LogP contribution in [-0.2, 0) is 17.9 Å². The topological polar surface area (TPSA) is 44.1 Å². The van der Waals surface area contributed by atoms with E-state index in [4.69, 9.17) is 4.74 Å². The van der Waals surface area contributed by atoms with Crippen molar-refractivity contribution in [3.8, 4) is 0 Å². The molecule has 0 radical (unpaired) electrons. The summed E-state index contributed by atoms with van der Waals surface area (Å²) in [4.78, 5) is 16.9. The summed E-state index contributed by atoms with van der Waals surface area (Å²) in [6, 6.07) is 15.6. The van der Waals surface area contributed by atoms with Crippen molar-refractivity contribution in [2.75, 3.05) is 0 Å². The van der Waals surface area contributed by atoms with Gasteiger partial charge in [-0.25, -0.2) is 13.6 Å². The van der Waals surface area contributed by atoms with Crippen molar-refractivity contribution in [2.45, 2.75) is 13.2 Å². The average Bonchev–Trinajstić information content (AvgIpc) is 3.08. The quantitative estimate of drug-likeness (QED) is 0.472. The van der Waals surface area contributed by atoms with Crippen LogP contribution in [0, 0.1) is 11.6 Å². The van der Waals surface area contributed by atoms with Crippen LogP contribution in [0.3, 0.4) is 0 Å². The molecule has 4 rings (SSSR count). The van der Waals surface area contributed by atoms with Gasteiger partial charge >= 0.3 is 5.97 Å². The summed E-state index contributed by atoms with van der Waals surface area (Å²) < 4.78 is 33.4. The average molecular weight is 378 g/mol. The zero-order valence-corrected chi connectivity index (χ0v) is 14.8. The highest BCUT2D eigenvalue weighted by molar-refractivity contribution is 6.02. The molecule has 2 aromatic carbocycles. The van der Waals surface area contributed by atoms with Crippen molar-refractivity contribution in [1.29, 1.82) is 0 Å². The van der Waals surface area contributed by atoms with E-state index >= 15 is 0 Å². The highest BCUT2D eigenvalue weighted by atomic mass is 19.1. The van der Waals surface area contributed by atoms with Crippen molar-refractivity contribution < 1.29 is 18.3 Å². The van der Waals surface area contributed by atoms with Gasteiger partial charge < -0.3 is 9.30 Å². The SMILES string of the molecule is O=C(OCc1ccc(F)cc1)c1cn(Cc2ccc(F)cc2)c2cccnc12. The van der Waals surface area contributed by atoms with E-state index < -0.39 is 5.97 Å². The fourth-order valence-corrected chi connectivity index (χ4v) is 3.00. The maximum Gasteiger partial charge on any atom is 0.342 e. The van der Waals surface area contributed by atoms with Crippen LogP contribution in [0.1, 0.15) is 21.5 Å².